The van der Waals surface area contributed by atoms with Crippen LogP contribution in [0.5, 0.6) is 0 Å². The van der Waals surface area contributed by atoms with E-state index < -0.39 is 9.52 Å². The highest BCUT2D eigenvalue weighted by molar-refractivity contribution is 8.00. The topological polar surface area (TPSA) is 53.1 Å². The van der Waals surface area contributed by atoms with Crippen LogP contribution in [-0.2, 0) is 14.3 Å². The lowest BCUT2D eigenvalue weighted by atomic mass is 10.0. The third-order valence-corrected chi connectivity index (χ3v) is 6.78. The van der Waals surface area contributed by atoms with Gasteiger partial charge in [0.25, 0.3) is 0 Å². The molecule has 0 aromatic rings. The van der Waals surface area contributed by atoms with Crippen molar-refractivity contribution in [2.24, 2.45) is 0 Å². The average molecular weight is 329 g/mol. The molecule has 0 saturated carbocycles. The van der Waals surface area contributed by atoms with Crippen LogP contribution in [0.3, 0.4) is 0 Å². The number of rotatable bonds is 1. The maximum absolute atomic E-state index is 12.8. The number of urea groups is 1. The lowest BCUT2D eigenvalue weighted by Gasteiger charge is -2.52. The minimum atomic E-state index is -1.96. The van der Waals surface area contributed by atoms with Crippen LogP contribution in [0.1, 0.15) is 13.8 Å². The van der Waals surface area contributed by atoms with Gasteiger partial charge in [-0.3, -0.25) is 9.11 Å². The van der Waals surface area contributed by atoms with Gasteiger partial charge in [0.05, 0.1) is 25.3 Å². The zero-order chi connectivity index (χ0) is 15.9. The Morgan fingerprint density at radius 3 is 2.18 bits per heavy atom. The van der Waals surface area contributed by atoms with Gasteiger partial charge in [0, 0.05) is 43.7 Å². The summed E-state index contributed by atoms with van der Waals surface area (Å²) in [5, 5.41) is 0. The summed E-state index contributed by atoms with van der Waals surface area (Å²) in [6, 6.07) is 1.15. The fourth-order valence-corrected chi connectivity index (χ4v) is 5.16. The number of amides is 2. The summed E-state index contributed by atoms with van der Waals surface area (Å²) in [7, 11) is -1.96. The van der Waals surface area contributed by atoms with Gasteiger partial charge in [-0.2, -0.15) is 0 Å². The normalized spacial score (nSPS) is 32.3. The number of ether oxygens (including phenoxy) is 1. The average Bonchev–Trinajstić information content (AvgIpc) is 2.45. The molecule has 0 N–H and O–H groups in total. The second kappa shape index (κ2) is 6.02. The molecule has 3 heterocycles. The number of hydrogen-bond donors (Lipinski definition) is 0. The van der Waals surface area contributed by atoms with E-state index in [1.54, 1.807) is 0 Å². The molecule has 2 amide bonds. The number of nitrogens with zero attached hydrogens (tertiary/aromatic N) is 3. The lowest BCUT2D eigenvalue weighted by molar-refractivity contribution is -0.103. The Kier molecular flexibility index (Phi) is 4.40. The molecule has 3 aliphatic heterocycles. The summed E-state index contributed by atoms with van der Waals surface area (Å²) in [4.78, 5) is 19.1. The maximum Gasteiger partial charge on any atom is 0.320 e. The van der Waals surface area contributed by atoms with Gasteiger partial charge in [0.15, 0.2) is 0 Å². The highest BCUT2D eigenvalue weighted by Crippen LogP contribution is 2.24. The van der Waals surface area contributed by atoms with Gasteiger partial charge in [0.1, 0.15) is 0 Å². The van der Waals surface area contributed by atoms with Crippen LogP contribution in [0.25, 0.3) is 0 Å². The monoisotopic (exact) mass is 329 g/mol. The van der Waals surface area contributed by atoms with Crippen LogP contribution in [0.2, 0.25) is 0 Å². The molecule has 0 aliphatic carbocycles. The fraction of sp³-hybridized carbons (Fsp3) is 0.867. The Labute approximate surface area is 133 Å². The van der Waals surface area contributed by atoms with Crippen molar-refractivity contribution in [3.63, 3.8) is 0 Å². The van der Waals surface area contributed by atoms with Crippen molar-refractivity contribution < 1.29 is 13.7 Å². The van der Waals surface area contributed by atoms with E-state index in [2.05, 4.69) is 24.6 Å². The Balaban J connectivity index is 1.65. The summed E-state index contributed by atoms with van der Waals surface area (Å²) < 4.78 is 17.6. The second-order valence-corrected chi connectivity index (χ2v) is 9.68. The van der Waals surface area contributed by atoms with E-state index in [0.717, 1.165) is 13.1 Å². The molecular formula is C15H27N3O3S. The van der Waals surface area contributed by atoms with Crippen molar-refractivity contribution in [3.05, 3.63) is 0 Å². The van der Waals surface area contributed by atoms with Crippen LogP contribution in [-0.4, -0.2) is 99.8 Å². The van der Waals surface area contributed by atoms with Crippen molar-refractivity contribution in [2.45, 2.75) is 32.0 Å². The van der Waals surface area contributed by atoms with Gasteiger partial charge < -0.3 is 14.5 Å². The number of morpholine rings is 1. The van der Waals surface area contributed by atoms with Gasteiger partial charge in [-0.15, -0.1) is 0 Å². The first-order chi connectivity index (χ1) is 10.4. The third-order valence-electron chi connectivity index (χ3n) is 4.93. The van der Waals surface area contributed by atoms with Crippen LogP contribution in [0, 0.1) is 0 Å². The van der Waals surface area contributed by atoms with E-state index in [4.69, 9.17) is 4.74 Å². The van der Waals surface area contributed by atoms with E-state index in [9.17, 15) is 9.00 Å². The minimum Gasteiger partial charge on any atom is -0.378 e. The van der Waals surface area contributed by atoms with Gasteiger partial charge in [-0.05, 0) is 29.2 Å². The zero-order valence-electron chi connectivity index (χ0n) is 13.6. The SMILES string of the molecule is C=S1(=O)CCN(C(=O)N2CC3COCC(C2)N3C(C)C)CC1. The Morgan fingerprint density at radius 1 is 1.14 bits per heavy atom. The quantitative estimate of drug-likeness (QED) is 0.632. The van der Waals surface area contributed by atoms with Crippen molar-refractivity contribution >= 4 is 21.4 Å². The smallest absolute Gasteiger partial charge is 0.320 e. The fourth-order valence-electron chi connectivity index (χ4n) is 3.85. The Bertz CT molecular complexity index is 506. The predicted octanol–water partition coefficient (Wildman–Crippen LogP) is -0.0682. The van der Waals surface area contributed by atoms with Crippen LogP contribution >= 0.6 is 0 Å². The number of carbonyl (C=O) groups excluding carboxylic acids is 1. The van der Waals surface area contributed by atoms with Crippen molar-refractivity contribution in [1.82, 2.24) is 14.7 Å². The molecule has 2 atom stereocenters. The second-order valence-electron chi connectivity index (χ2n) is 6.93. The first-order valence-electron chi connectivity index (χ1n) is 8.09. The van der Waals surface area contributed by atoms with Crippen molar-refractivity contribution in [1.29, 1.82) is 0 Å². The van der Waals surface area contributed by atoms with Gasteiger partial charge >= 0.3 is 6.03 Å². The standard InChI is InChI=1S/C15H27N3O3S/c1-12(2)18-13-8-17(9-14(18)11-21-10-13)15(19)16-4-6-22(3,20)7-5-16/h12-14H,3-11H2,1-2H3. The van der Waals surface area contributed by atoms with Crippen LogP contribution in [0.4, 0.5) is 4.79 Å². The first kappa shape index (κ1) is 16.1. The van der Waals surface area contributed by atoms with E-state index in [1.807, 2.05) is 9.80 Å². The lowest BCUT2D eigenvalue weighted by Crippen LogP contribution is -2.68. The summed E-state index contributed by atoms with van der Waals surface area (Å²) in [5.74, 6) is 4.82. The highest BCUT2D eigenvalue weighted by Gasteiger charge is 2.41. The van der Waals surface area contributed by atoms with Crippen molar-refractivity contribution in [2.75, 3.05) is 50.9 Å². The molecule has 0 radical (unpaired) electrons. The molecule has 22 heavy (non-hydrogen) atoms. The minimum absolute atomic E-state index is 0.0928. The molecule has 2 bridgehead atoms. The maximum atomic E-state index is 12.8. The molecule has 0 aromatic heterocycles. The predicted molar refractivity (Wildman–Crippen MR) is 88.9 cm³/mol. The zero-order valence-corrected chi connectivity index (χ0v) is 14.4. The molecule has 126 valence electrons. The first-order valence-corrected chi connectivity index (χ1v) is 10.2. The molecule has 7 heteroatoms. The number of fused-ring (bicyclic) bond motifs is 2. The van der Waals surface area contributed by atoms with E-state index in [-0.39, 0.29) is 6.03 Å². The Morgan fingerprint density at radius 2 is 1.68 bits per heavy atom. The van der Waals surface area contributed by atoms with Gasteiger partial charge in [0.2, 0.25) is 0 Å². The van der Waals surface area contributed by atoms with E-state index in [1.165, 1.54) is 0 Å². The van der Waals surface area contributed by atoms with Crippen LogP contribution < -0.4 is 0 Å². The van der Waals surface area contributed by atoms with E-state index >= 15 is 0 Å². The van der Waals surface area contributed by atoms with Gasteiger partial charge in [-0.25, -0.2) is 4.79 Å². The molecule has 3 aliphatic rings. The summed E-state index contributed by atoms with van der Waals surface area (Å²) in [5.41, 5.74) is 0. The molecule has 3 saturated heterocycles. The van der Waals surface area contributed by atoms with Gasteiger partial charge in [-0.1, -0.05) is 0 Å². The molecule has 2 unspecified atom stereocenters. The van der Waals surface area contributed by atoms with E-state index in [0.29, 0.717) is 55.9 Å². The Hall–Kier alpha value is -0.790. The number of hydrogen-bond acceptors (Lipinski definition) is 4. The molecular weight excluding hydrogens is 302 g/mol. The molecule has 6 nitrogen and oxygen atoms in total. The third kappa shape index (κ3) is 3.12. The molecule has 0 spiro atoms. The number of carbonyl (C=O) groups is 1. The summed E-state index contributed by atoms with van der Waals surface area (Å²) >= 11 is 0. The summed E-state index contributed by atoms with van der Waals surface area (Å²) in [6.45, 7) is 8.40. The highest BCUT2D eigenvalue weighted by atomic mass is 32.2. The molecule has 0 aromatic carbocycles. The van der Waals surface area contributed by atoms with Crippen molar-refractivity contribution in [3.8, 4) is 0 Å². The largest absolute Gasteiger partial charge is 0.378 e. The molecule has 3 fully saturated rings. The summed E-state index contributed by atoms with van der Waals surface area (Å²) in [6.07, 6.45) is 0. The van der Waals surface area contributed by atoms with Crippen LogP contribution in [0.15, 0.2) is 0 Å². The number of piperazine rings is 1. The molecule has 3 rings (SSSR count).